The highest BCUT2D eigenvalue weighted by atomic mass is 16.4. The van der Waals surface area contributed by atoms with Gasteiger partial charge in [-0.3, -0.25) is 39.0 Å². The molecule has 21 nitrogen and oxygen atoms in total. The van der Waals surface area contributed by atoms with E-state index in [4.69, 9.17) is 22.0 Å². The molecule has 21 heteroatoms. The lowest BCUT2D eigenvalue weighted by atomic mass is 10.0. The number of carboxylic acid groups (broad SMARTS) is 2. The van der Waals surface area contributed by atoms with Crippen LogP contribution in [0.3, 0.4) is 0 Å². The Morgan fingerprint density at radius 2 is 1.52 bits per heavy atom. The Morgan fingerprint density at radius 1 is 0.860 bits per heavy atom. The molecule has 0 saturated carbocycles. The lowest BCUT2D eigenvalue weighted by Gasteiger charge is -2.25. The van der Waals surface area contributed by atoms with Gasteiger partial charge in [0.15, 0.2) is 5.96 Å². The number of hydrogen-bond acceptors (Lipinski definition) is 11. The van der Waals surface area contributed by atoms with E-state index in [2.05, 4.69) is 31.9 Å². The van der Waals surface area contributed by atoms with E-state index in [1.54, 1.807) is 13.8 Å². The highest BCUT2D eigenvalue weighted by Gasteiger charge is 2.36. The van der Waals surface area contributed by atoms with Gasteiger partial charge < -0.3 is 63.6 Å². The zero-order valence-electron chi connectivity index (χ0n) is 28.2. The summed E-state index contributed by atoms with van der Waals surface area (Å²) in [4.78, 5) is 99.6. The summed E-state index contributed by atoms with van der Waals surface area (Å²) < 4.78 is 0. The summed E-state index contributed by atoms with van der Waals surface area (Å²) in [7, 11) is 0. The molecule has 1 fully saturated rings. The third kappa shape index (κ3) is 15.9. The number of guanidine groups is 1. The monoisotopic (exact) mass is 714 g/mol. The number of nitrogens with zero attached hydrogens (tertiary/aromatic N) is 1. The lowest BCUT2D eigenvalue weighted by Crippen LogP contribution is -2.57. The van der Waals surface area contributed by atoms with Gasteiger partial charge in [-0.25, -0.2) is 4.79 Å². The van der Waals surface area contributed by atoms with Crippen LogP contribution in [0.4, 0.5) is 0 Å². The second kappa shape index (κ2) is 21.8. The Bertz CT molecular complexity index is 1250. The third-order valence-electron chi connectivity index (χ3n) is 7.50. The number of nitrogens with two attached hydrogens (primary N) is 2. The number of amides is 6. The first-order chi connectivity index (χ1) is 23.5. The first-order valence-electron chi connectivity index (χ1n) is 16.1. The van der Waals surface area contributed by atoms with Gasteiger partial charge in [0, 0.05) is 19.5 Å². The lowest BCUT2D eigenvalue weighted by molar-refractivity contribution is -0.144. The molecule has 0 aromatic carbocycles. The van der Waals surface area contributed by atoms with Crippen molar-refractivity contribution in [3.05, 3.63) is 0 Å². The molecular weight excluding hydrogens is 664 g/mol. The largest absolute Gasteiger partial charge is 0.481 e. The summed E-state index contributed by atoms with van der Waals surface area (Å²) in [6.07, 6.45) is 0.623. The van der Waals surface area contributed by atoms with Crippen molar-refractivity contribution in [3.8, 4) is 0 Å². The fraction of sp³-hybridized carbons (Fsp3) is 0.690. The summed E-state index contributed by atoms with van der Waals surface area (Å²) >= 11 is 0. The van der Waals surface area contributed by atoms with Gasteiger partial charge in [-0.15, -0.1) is 0 Å². The Labute approximate surface area is 288 Å². The van der Waals surface area contributed by atoms with Crippen molar-refractivity contribution >= 4 is 53.3 Å². The Hall–Kier alpha value is -5.05. The van der Waals surface area contributed by atoms with Gasteiger partial charge >= 0.3 is 11.9 Å². The Balaban J connectivity index is 2.65. The molecule has 1 aliphatic heterocycles. The summed E-state index contributed by atoms with van der Waals surface area (Å²) in [5.74, 6) is -7.53. The van der Waals surface area contributed by atoms with Crippen molar-refractivity contribution in [2.45, 2.75) is 89.0 Å². The molecule has 14 N–H and O–H groups in total. The van der Waals surface area contributed by atoms with Crippen molar-refractivity contribution in [2.24, 2.45) is 17.4 Å². The molecule has 6 amide bonds. The van der Waals surface area contributed by atoms with Crippen LogP contribution in [-0.4, -0.2) is 137 Å². The number of carbonyl (C=O) groups is 8. The molecule has 282 valence electrons. The first-order valence-corrected chi connectivity index (χ1v) is 16.1. The highest BCUT2D eigenvalue weighted by molar-refractivity contribution is 5.95. The smallest absolute Gasteiger partial charge is 0.326 e. The predicted octanol–water partition coefficient (Wildman–Crippen LogP) is -4.76. The maximum atomic E-state index is 13.0. The van der Waals surface area contributed by atoms with E-state index in [1.807, 2.05) is 0 Å². The van der Waals surface area contributed by atoms with Gasteiger partial charge in [0.05, 0.1) is 25.7 Å². The zero-order chi connectivity index (χ0) is 38.0. The number of carboxylic acids is 2. The Morgan fingerprint density at radius 3 is 2.10 bits per heavy atom. The molecule has 0 aromatic rings. The maximum Gasteiger partial charge on any atom is 0.326 e. The number of aliphatic carboxylic acids is 2. The second-order valence-electron chi connectivity index (χ2n) is 12.1. The normalized spacial score (nSPS) is 16.3. The first kappa shape index (κ1) is 43.0. The SMILES string of the molecule is CC(C)C[C@H](NC(=O)[C@@H](N)CCCNC(=N)N)C(=O)N[C@@H](CO)C(=O)NCC(=O)NCC(=O)N1CCC[C@H]1C(=O)N[C@@H](CCC(=O)O)C(=O)O. The molecule has 1 heterocycles. The molecule has 1 saturated heterocycles. The summed E-state index contributed by atoms with van der Waals surface area (Å²) in [5.41, 5.74) is 11.1. The molecule has 0 bridgehead atoms. The topological polar surface area (TPSA) is 349 Å². The van der Waals surface area contributed by atoms with Crippen LogP contribution in [0.25, 0.3) is 0 Å². The van der Waals surface area contributed by atoms with Crippen LogP contribution in [0.1, 0.15) is 58.8 Å². The Kier molecular flexibility index (Phi) is 18.8. The number of rotatable bonds is 22. The van der Waals surface area contributed by atoms with E-state index in [-0.39, 0.29) is 44.1 Å². The van der Waals surface area contributed by atoms with E-state index >= 15 is 0 Å². The minimum atomic E-state index is -1.50. The molecule has 0 radical (unpaired) electrons. The number of aliphatic hydroxyl groups is 1. The van der Waals surface area contributed by atoms with E-state index in [9.17, 15) is 48.6 Å². The van der Waals surface area contributed by atoms with Crippen molar-refractivity contribution < 1.29 is 53.7 Å². The molecule has 0 aromatic heterocycles. The van der Waals surface area contributed by atoms with Gasteiger partial charge in [-0.2, -0.15) is 0 Å². The van der Waals surface area contributed by atoms with Crippen LogP contribution >= 0.6 is 0 Å². The number of likely N-dealkylation sites (tertiary alicyclic amines) is 1. The summed E-state index contributed by atoms with van der Waals surface area (Å²) in [6.45, 7) is 2.02. The van der Waals surface area contributed by atoms with E-state index in [0.29, 0.717) is 19.4 Å². The number of nitrogens with one attached hydrogen (secondary N) is 7. The van der Waals surface area contributed by atoms with Crippen molar-refractivity contribution in [1.29, 1.82) is 5.41 Å². The molecule has 50 heavy (non-hydrogen) atoms. The molecule has 0 aliphatic carbocycles. The third-order valence-corrected chi connectivity index (χ3v) is 7.50. The minimum absolute atomic E-state index is 0.0643. The average Bonchev–Trinajstić information content (AvgIpc) is 3.54. The predicted molar refractivity (Wildman–Crippen MR) is 175 cm³/mol. The number of hydrogen-bond donors (Lipinski definition) is 12. The number of aliphatic hydroxyl groups excluding tert-OH is 1. The van der Waals surface area contributed by atoms with Crippen LogP contribution in [0, 0.1) is 11.3 Å². The number of carbonyl (C=O) groups excluding carboxylic acids is 6. The summed E-state index contributed by atoms with van der Waals surface area (Å²) in [5, 5.41) is 49.3. The van der Waals surface area contributed by atoms with Gasteiger partial charge in [0.2, 0.25) is 35.4 Å². The van der Waals surface area contributed by atoms with Crippen LogP contribution in [0.5, 0.6) is 0 Å². The average molecular weight is 715 g/mol. The highest BCUT2D eigenvalue weighted by Crippen LogP contribution is 2.18. The van der Waals surface area contributed by atoms with Gasteiger partial charge in [-0.1, -0.05) is 13.8 Å². The molecular formula is C29H50N10O11. The van der Waals surface area contributed by atoms with Crippen molar-refractivity contribution in [3.63, 3.8) is 0 Å². The summed E-state index contributed by atoms with van der Waals surface area (Å²) in [6, 6.07) is -6.07. The fourth-order valence-corrected chi connectivity index (χ4v) is 4.88. The zero-order valence-corrected chi connectivity index (χ0v) is 28.2. The minimum Gasteiger partial charge on any atom is -0.481 e. The standard InChI is InChI=1S/C29H50N10O11/c1-15(2)11-18(37-24(45)16(30)5-3-9-33-29(31)32)26(47)38-19(14-40)25(46)35-12-21(41)34-13-22(42)39-10-4-6-20(39)27(48)36-17(28(49)50)7-8-23(43)44/h15-20,40H,3-14,30H2,1-2H3,(H,34,41)(H,35,46)(H,36,48)(H,37,45)(H,38,47)(H,43,44)(H,49,50)(H4,31,32,33)/t16-,17-,18-,19-,20-/m0/s1. The van der Waals surface area contributed by atoms with Crippen molar-refractivity contribution in [1.82, 2.24) is 36.8 Å². The van der Waals surface area contributed by atoms with Crippen LogP contribution < -0.4 is 43.4 Å². The van der Waals surface area contributed by atoms with E-state index in [1.165, 1.54) is 0 Å². The quantitative estimate of drug-likeness (QED) is 0.0285. The molecule has 5 atom stereocenters. The van der Waals surface area contributed by atoms with E-state index in [0.717, 1.165) is 4.90 Å². The molecule has 1 rings (SSSR count). The van der Waals surface area contributed by atoms with Crippen LogP contribution in [0.15, 0.2) is 0 Å². The van der Waals surface area contributed by atoms with Gasteiger partial charge in [-0.05, 0) is 44.4 Å². The van der Waals surface area contributed by atoms with Crippen LogP contribution in [-0.2, 0) is 38.4 Å². The van der Waals surface area contributed by atoms with E-state index < -0.39 is 104 Å². The van der Waals surface area contributed by atoms with Gasteiger partial charge in [0.25, 0.3) is 0 Å². The molecule has 0 spiro atoms. The maximum absolute atomic E-state index is 13.0. The van der Waals surface area contributed by atoms with Crippen molar-refractivity contribution in [2.75, 3.05) is 32.8 Å². The second-order valence-corrected chi connectivity index (χ2v) is 12.1. The van der Waals surface area contributed by atoms with Crippen LogP contribution in [0.2, 0.25) is 0 Å². The molecule has 0 unspecified atom stereocenters. The fourth-order valence-electron chi connectivity index (χ4n) is 4.88. The molecule has 1 aliphatic rings. The van der Waals surface area contributed by atoms with Gasteiger partial charge in [0.1, 0.15) is 24.2 Å².